The minimum atomic E-state index is -1.15. The second-order valence-electron chi connectivity index (χ2n) is 6.56. The Kier molecular flexibility index (Phi) is 5.15. The maximum atomic E-state index is 13.0. The van der Waals surface area contributed by atoms with Crippen LogP contribution in [0.1, 0.15) is 21.9 Å². The van der Waals surface area contributed by atoms with Gasteiger partial charge in [-0.25, -0.2) is 9.97 Å². The number of nitrogens with zero attached hydrogens (tertiary/aromatic N) is 3. The first-order valence-electron chi connectivity index (χ1n) is 8.99. The van der Waals surface area contributed by atoms with Gasteiger partial charge in [-0.2, -0.15) is 0 Å². The van der Waals surface area contributed by atoms with Crippen molar-refractivity contribution in [2.75, 3.05) is 0 Å². The average Bonchev–Trinajstić information content (AvgIpc) is 3.44. The van der Waals surface area contributed by atoms with E-state index in [-0.39, 0.29) is 12.1 Å². The molecule has 0 aliphatic carbocycles. The Bertz CT molecular complexity index is 1240. The van der Waals surface area contributed by atoms with Crippen LogP contribution in [-0.2, 0) is 16.0 Å². The molecule has 0 aliphatic heterocycles. The molecule has 3 N–H and O–H groups in total. The second kappa shape index (κ2) is 7.91. The van der Waals surface area contributed by atoms with Crippen LogP contribution < -0.4 is 11.1 Å². The van der Waals surface area contributed by atoms with Crippen molar-refractivity contribution in [2.45, 2.75) is 19.4 Å². The summed E-state index contributed by atoms with van der Waals surface area (Å²) in [7, 11) is 0. The van der Waals surface area contributed by atoms with Crippen molar-refractivity contribution >= 4 is 39.2 Å². The zero-order valence-electron chi connectivity index (χ0n) is 15.9. The summed E-state index contributed by atoms with van der Waals surface area (Å²) in [6, 6.07) is 5.98. The molecule has 1 unspecified atom stereocenters. The number of hydrogen-bond donors (Lipinski definition) is 2. The van der Waals surface area contributed by atoms with E-state index in [0.717, 1.165) is 5.39 Å². The Morgan fingerprint density at radius 3 is 2.83 bits per heavy atom. The van der Waals surface area contributed by atoms with E-state index in [4.69, 9.17) is 10.2 Å². The number of nitrogens with one attached hydrogen (secondary N) is 1. The van der Waals surface area contributed by atoms with Crippen LogP contribution in [0.15, 0.2) is 52.7 Å². The average molecular weight is 423 g/mol. The summed E-state index contributed by atoms with van der Waals surface area (Å²) in [5, 5.41) is 5.30. The molecule has 1 atom stereocenters. The van der Waals surface area contributed by atoms with E-state index in [9.17, 15) is 14.4 Å². The van der Waals surface area contributed by atoms with Crippen LogP contribution in [-0.4, -0.2) is 38.2 Å². The molecule has 0 aromatic carbocycles. The van der Waals surface area contributed by atoms with Crippen molar-refractivity contribution in [3.63, 3.8) is 0 Å². The number of carbonyl (C=O) groups is 3. The Balaban J connectivity index is 1.64. The van der Waals surface area contributed by atoms with Crippen molar-refractivity contribution in [3.05, 3.63) is 65.4 Å². The Hall–Kier alpha value is -3.79. The third kappa shape index (κ3) is 3.60. The van der Waals surface area contributed by atoms with Crippen LogP contribution in [0, 0.1) is 6.92 Å². The lowest BCUT2D eigenvalue weighted by Crippen LogP contribution is -2.47. The Morgan fingerprint density at radius 2 is 2.10 bits per heavy atom. The van der Waals surface area contributed by atoms with Crippen molar-refractivity contribution < 1.29 is 18.8 Å². The molecule has 0 saturated heterocycles. The Morgan fingerprint density at radius 1 is 1.27 bits per heavy atom. The van der Waals surface area contributed by atoms with Gasteiger partial charge in [0, 0.05) is 23.6 Å². The van der Waals surface area contributed by atoms with Crippen LogP contribution >= 0.6 is 11.3 Å². The maximum absolute atomic E-state index is 13.0. The van der Waals surface area contributed by atoms with Gasteiger partial charge in [-0.15, -0.1) is 11.3 Å². The molecule has 0 fully saturated rings. The first-order chi connectivity index (χ1) is 14.5. The SMILES string of the molecule is Cc1ncc(C(=O)NC(Cc2coc3sccc23)C(=O)C(N)=O)n1-c1ccccn1. The lowest BCUT2D eigenvalue weighted by Gasteiger charge is -2.16. The molecule has 0 spiro atoms. The number of imidazole rings is 1. The number of amides is 2. The fraction of sp³-hybridized carbons (Fsp3) is 0.150. The molecular formula is C20H17N5O4S. The van der Waals surface area contributed by atoms with Gasteiger partial charge in [0.25, 0.3) is 11.8 Å². The second-order valence-corrected chi connectivity index (χ2v) is 7.43. The van der Waals surface area contributed by atoms with Gasteiger partial charge in [0.15, 0.2) is 4.90 Å². The molecule has 0 aliphatic rings. The van der Waals surface area contributed by atoms with Crippen LogP contribution in [0.4, 0.5) is 0 Å². The van der Waals surface area contributed by atoms with E-state index in [0.29, 0.717) is 22.1 Å². The minimum absolute atomic E-state index is 0.0634. The number of carbonyl (C=O) groups excluding carboxylic acids is 3. The fourth-order valence-corrected chi connectivity index (χ4v) is 3.94. The third-order valence-corrected chi connectivity index (χ3v) is 5.42. The molecule has 4 rings (SSSR count). The summed E-state index contributed by atoms with van der Waals surface area (Å²) >= 11 is 1.41. The highest BCUT2D eigenvalue weighted by atomic mass is 32.1. The van der Waals surface area contributed by atoms with Gasteiger partial charge in [-0.05, 0) is 30.5 Å². The molecule has 2 amide bonds. The summed E-state index contributed by atoms with van der Waals surface area (Å²) in [4.78, 5) is 46.1. The van der Waals surface area contributed by atoms with Crippen LogP contribution in [0.25, 0.3) is 16.1 Å². The number of pyridine rings is 1. The largest absolute Gasteiger partial charge is 0.453 e. The number of primary amides is 1. The molecule has 0 radical (unpaired) electrons. The van der Waals surface area contributed by atoms with E-state index in [2.05, 4.69) is 15.3 Å². The van der Waals surface area contributed by atoms with Gasteiger partial charge in [-0.3, -0.25) is 19.0 Å². The minimum Gasteiger partial charge on any atom is -0.453 e. The van der Waals surface area contributed by atoms with Crippen molar-refractivity contribution in [1.82, 2.24) is 19.9 Å². The number of fused-ring (bicyclic) bond motifs is 1. The summed E-state index contributed by atoms with van der Waals surface area (Å²) in [6.45, 7) is 1.73. The quantitative estimate of drug-likeness (QED) is 0.435. The number of thiophene rings is 1. The van der Waals surface area contributed by atoms with Gasteiger partial charge in [0.05, 0.1) is 12.5 Å². The molecular weight excluding hydrogens is 406 g/mol. The maximum Gasteiger partial charge on any atom is 0.287 e. The molecule has 0 saturated carbocycles. The van der Waals surface area contributed by atoms with Crippen LogP contribution in [0.3, 0.4) is 0 Å². The summed E-state index contributed by atoms with van der Waals surface area (Å²) in [5.41, 5.74) is 6.09. The van der Waals surface area contributed by atoms with Crippen LogP contribution in [0.2, 0.25) is 0 Å². The number of furan rings is 1. The number of rotatable bonds is 7. The normalized spacial score (nSPS) is 12.0. The van der Waals surface area contributed by atoms with Crippen molar-refractivity contribution in [3.8, 4) is 5.82 Å². The lowest BCUT2D eigenvalue weighted by molar-refractivity contribution is -0.137. The van der Waals surface area contributed by atoms with E-state index < -0.39 is 23.6 Å². The van der Waals surface area contributed by atoms with Crippen molar-refractivity contribution in [2.24, 2.45) is 5.73 Å². The van der Waals surface area contributed by atoms with E-state index in [1.165, 1.54) is 23.8 Å². The van der Waals surface area contributed by atoms with E-state index in [1.807, 2.05) is 11.4 Å². The highest BCUT2D eigenvalue weighted by Crippen LogP contribution is 2.27. The predicted octanol–water partition coefficient (Wildman–Crippen LogP) is 1.78. The molecule has 152 valence electrons. The fourth-order valence-electron chi connectivity index (χ4n) is 3.18. The summed E-state index contributed by atoms with van der Waals surface area (Å²) < 4.78 is 7.02. The predicted molar refractivity (Wildman–Crippen MR) is 109 cm³/mol. The van der Waals surface area contributed by atoms with Gasteiger partial charge in [0.1, 0.15) is 23.4 Å². The number of Topliss-reactive ketones (excluding diaryl/α,β-unsaturated/α-hetero) is 1. The van der Waals surface area contributed by atoms with Gasteiger partial charge in [-0.1, -0.05) is 6.07 Å². The highest BCUT2D eigenvalue weighted by Gasteiger charge is 2.28. The Labute approximate surface area is 174 Å². The van der Waals surface area contributed by atoms with Gasteiger partial charge >= 0.3 is 0 Å². The molecule has 4 aromatic rings. The van der Waals surface area contributed by atoms with E-state index in [1.54, 1.807) is 35.9 Å². The molecule has 10 heteroatoms. The lowest BCUT2D eigenvalue weighted by atomic mass is 10.0. The third-order valence-electron chi connectivity index (χ3n) is 4.62. The molecule has 4 aromatic heterocycles. The van der Waals surface area contributed by atoms with Crippen LogP contribution in [0.5, 0.6) is 0 Å². The van der Waals surface area contributed by atoms with E-state index >= 15 is 0 Å². The molecule has 4 heterocycles. The standard InChI is InChI=1S/C20H17N5O4S/c1-11-23-9-15(25(11)16-4-2-3-6-22-16)19(28)24-14(17(26)18(21)27)8-12-10-29-20-13(12)5-7-30-20/h2-7,9-10,14H,8H2,1H3,(H2,21,27)(H,24,28). The zero-order chi connectivity index (χ0) is 21.3. The smallest absolute Gasteiger partial charge is 0.287 e. The number of aromatic nitrogens is 3. The topological polar surface area (TPSA) is 133 Å². The van der Waals surface area contributed by atoms with Crippen molar-refractivity contribution in [1.29, 1.82) is 0 Å². The number of ketones is 1. The van der Waals surface area contributed by atoms with Gasteiger partial charge < -0.3 is 15.5 Å². The molecule has 0 bridgehead atoms. The number of aryl methyl sites for hydroxylation is 1. The molecule has 9 nitrogen and oxygen atoms in total. The summed E-state index contributed by atoms with van der Waals surface area (Å²) in [5.74, 6) is -1.55. The number of hydrogen-bond acceptors (Lipinski definition) is 7. The first kappa shape index (κ1) is 19.5. The molecule has 30 heavy (non-hydrogen) atoms. The monoisotopic (exact) mass is 423 g/mol. The first-order valence-corrected chi connectivity index (χ1v) is 9.87. The number of nitrogens with two attached hydrogens (primary N) is 1. The zero-order valence-corrected chi connectivity index (χ0v) is 16.7. The van der Waals surface area contributed by atoms with Gasteiger partial charge in [0.2, 0.25) is 5.78 Å². The highest BCUT2D eigenvalue weighted by molar-refractivity contribution is 7.16. The summed E-state index contributed by atoms with van der Waals surface area (Å²) in [6.07, 6.45) is 4.56.